The molecule has 7 heteroatoms. The van der Waals surface area contributed by atoms with Crippen molar-refractivity contribution in [3.8, 4) is 11.8 Å². The van der Waals surface area contributed by atoms with Crippen LogP contribution in [0.1, 0.15) is 11.3 Å². The van der Waals surface area contributed by atoms with Crippen LogP contribution in [0.2, 0.25) is 5.02 Å². The van der Waals surface area contributed by atoms with Gasteiger partial charge in [0.05, 0.1) is 11.4 Å². The molecule has 1 aromatic heterocycles. The van der Waals surface area contributed by atoms with Gasteiger partial charge in [0.2, 0.25) is 0 Å². The summed E-state index contributed by atoms with van der Waals surface area (Å²) in [5.74, 6) is -0.659. The molecular weight excluding hydrogens is 376 g/mol. The van der Waals surface area contributed by atoms with Crippen molar-refractivity contribution < 1.29 is 4.79 Å². The second kappa shape index (κ2) is 7.99. The minimum absolute atomic E-state index is 0.128. The molecule has 0 aliphatic rings. The Morgan fingerprint density at radius 3 is 2.54 bits per heavy atom. The van der Waals surface area contributed by atoms with E-state index in [1.54, 1.807) is 55.1 Å². The van der Waals surface area contributed by atoms with Gasteiger partial charge in [-0.2, -0.15) is 5.26 Å². The second-order valence-corrected chi connectivity index (χ2v) is 6.55. The Kier molecular flexibility index (Phi) is 5.48. The van der Waals surface area contributed by atoms with Crippen LogP contribution in [-0.4, -0.2) is 15.3 Å². The molecule has 140 valence electrons. The monoisotopic (exact) mass is 392 g/mol. The van der Waals surface area contributed by atoms with Crippen LogP contribution in [0.25, 0.3) is 11.8 Å². The summed E-state index contributed by atoms with van der Waals surface area (Å²) >= 11 is 5.94. The van der Waals surface area contributed by atoms with E-state index in [9.17, 15) is 14.9 Å². The first-order valence-corrected chi connectivity index (χ1v) is 8.83. The number of nitrogens with zero attached hydrogens (tertiary/aromatic N) is 3. The van der Waals surface area contributed by atoms with Crippen molar-refractivity contribution in [3.05, 3.63) is 86.8 Å². The van der Waals surface area contributed by atoms with Crippen molar-refractivity contribution in [1.29, 1.82) is 5.26 Å². The Hall–Kier alpha value is -3.56. The molecule has 3 aromatic rings. The summed E-state index contributed by atoms with van der Waals surface area (Å²) in [6.07, 6.45) is 1.43. The highest BCUT2D eigenvalue weighted by Gasteiger charge is 2.19. The average molecular weight is 393 g/mol. The Balaban J connectivity index is 1.96. The van der Waals surface area contributed by atoms with Crippen LogP contribution in [-0.2, 0) is 11.8 Å². The molecule has 0 atom stereocenters. The van der Waals surface area contributed by atoms with Gasteiger partial charge in [0.15, 0.2) is 0 Å². The summed E-state index contributed by atoms with van der Waals surface area (Å²) in [6, 6.07) is 17.8. The molecule has 1 heterocycles. The standard InChI is InChI=1S/C21H17ClN4O2/c1-14-19(21(28)26(25(14)2)18-9-4-3-5-10-18)24-20(27)16(13-23)11-15-7-6-8-17(22)12-15/h3-12H,1-2H3,(H,24,27)/b16-11-. The molecular formula is C21H17ClN4O2. The molecule has 0 aliphatic heterocycles. The first-order chi connectivity index (χ1) is 13.4. The van der Waals surface area contributed by atoms with Crippen LogP contribution in [0, 0.1) is 18.3 Å². The number of carbonyl (C=O) groups excluding carboxylic acids is 1. The first-order valence-electron chi connectivity index (χ1n) is 8.45. The zero-order chi connectivity index (χ0) is 20.3. The van der Waals surface area contributed by atoms with Gasteiger partial charge in [0.1, 0.15) is 17.3 Å². The molecule has 1 N–H and O–H groups in total. The molecule has 0 radical (unpaired) electrons. The predicted octanol–water partition coefficient (Wildman–Crippen LogP) is 3.68. The van der Waals surface area contributed by atoms with E-state index < -0.39 is 5.91 Å². The Morgan fingerprint density at radius 2 is 1.89 bits per heavy atom. The fourth-order valence-corrected chi connectivity index (χ4v) is 3.00. The van der Waals surface area contributed by atoms with Gasteiger partial charge < -0.3 is 5.32 Å². The highest BCUT2D eigenvalue weighted by Crippen LogP contribution is 2.17. The Morgan fingerprint density at radius 1 is 1.18 bits per heavy atom. The zero-order valence-electron chi connectivity index (χ0n) is 15.3. The van der Waals surface area contributed by atoms with E-state index in [2.05, 4.69) is 5.32 Å². The van der Waals surface area contributed by atoms with Crippen molar-refractivity contribution in [3.63, 3.8) is 0 Å². The van der Waals surface area contributed by atoms with Crippen LogP contribution >= 0.6 is 11.6 Å². The summed E-state index contributed by atoms with van der Waals surface area (Å²) in [4.78, 5) is 25.5. The van der Waals surface area contributed by atoms with E-state index in [1.165, 1.54) is 10.8 Å². The maximum atomic E-state index is 12.9. The van der Waals surface area contributed by atoms with Gasteiger partial charge in [-0.25, -0.2) is 4.68 Å². The Labute approximate surface area is 166 Å². The van der Waals surface area contributed by atoms with Crippen molar-refractivity contribution in [2.75, 3.05) is 5.32 Å². The summed E-state index contributed by atoms with van der Waals surface area (Å²) in [6.45, 7) is 1.73. The van der Waals surface area contributed by atoms with Crippen LogP contribution in [0.3, 0.4) is 0 Å². The van der Waals surface area contributed by atoms with Crippen LogP contribution in [0.4, 0.5) is 5.69 Å². The maximum Gasteiger partial charge on any atom is 0.295 e. The second-order valence-electron chi connectivity index (χ2n) is 6.12. The summed E-state index contributed by atoms with van der Waals surface area (Å²) < 4.78 is 3.11. The number of amides is 1. The highest BCUT2D eigenvalue weighted by molar-refractivity contribution is 6.30. The molecule has 2 aromatic carbocycles. The minimum Gasteiger partial charge on any atom is -0.315 e. The fourth-order valence-electron chi connectivity index (χ4n) is 2.80. The van der Waals surface area contributed by atoms with E-state index in [0.717, 1.165) is 0 Å². The number of aromatic nitrogens is 2. The van der Waals surface area contributed by atoms with E-state index in [4.69, 9.17) is 11.6 Å². The molecule has 28 heavy (non-hydrogen) atoms. The zero-order valence-corrected chi connectivity index (χ0v) is 16.1. The van der Waals surface area contributed by atoms with Gasteiger partial charge in [-0.1, -0.05) is 41.9 Å². The molecule has 3 rings (SSSR count). The van der Waals surface area contributed by atoms with Gasteiger partial charge in [-0.05, 0) is 42.8 Å². The number of anilines is 1. The molecule has 6 nitrogen and oxygen atoms in total. The lowest BCUT2D eigenvalue weighted by atomic mass is 10.1. The normalized spacial score (nSPS) is 11.1. The van der Waals surface area contributed by atoms with Crippen molar-refractivity contribution in [2.45, 2.75) is 6.92 Å². The smallest absolute Gasteiger partial charge is 0.295 e. The molecule has 0 spiro atoms. The van der Waals surface area contributed by atoms with Crippen LogP contribution in [0.5, 0.6) is 0 Å². The summed E-state index contributed by atoms with van der Waals surface area (Å²) in [7, 11) is 1.73. The van der Waals surface area contributed by atoms with Gasteiger partial charge in [0, 0.05) is 12.1 Å². The van der Waals surface area contributed by atoms with Gasteiger partial charge >= 0.3 is 0 Å². The number of carbonyl (C=O) groups is 1. The predicted molar refractivity (Wildman–Crippen MR) is 109 cm³/mol. The summed E-state index contributed by atoms with van der Waals surface area (Å²) in [5, 5.41) is 12.5. The topological polar surface area (TPSA) is 79.8 Å². The lowest BCUT2D eigenvalue weighted by molar-refractivity contribution is -0.112. The number of halogens is 1. The third-order valence-electron chi connectivity index (χ3n) is 4.32. The number of nitriles is 1. The number of hydrogen-bond donors (Lipinski definition) is 1. The number of hydrogen-bond acceptors (Lipinski definition) is 3. The largest absolute Gasteiger partial charge is 0.315 e. The SMILES string of the molecule is Cc1c(NC(=O)/C(C#N)=C\c2cccc(Cl)c2)c(=O)n(-c2ccccc2)n1C. The summed E-state index contributed by atoms with van der Waals surface area (Å²) in [5.41, 5.74) is 1.49. The quantitative estimate of drug-likeness (QED) is 0.543. The van der Waals surface area contributed by atoms with E-state index in [0.29, 0.717) is 22.0 Å². The lowest BCUT2D eigenvalue weighted by Gasteiger charge is -2.07. The van der Waals surface area contributed by atoms with Crippen LogP contribution in [0.15, 0.2) is 65.0 Å². The molecule has 0 bridgehead atoms. The highest BCUT2D eigenvalue weighted by atomic mass is 35.5. The number of rotatable bonds is 4. The number of benzene rings is 2. The molecule has 0 saturated carbocycles. The van der Waals surface area contributed by atoms with E-state index in [-0.39, 0.29) is 16.8 Å². The lowest BCUT2D eigenvalue weighted by Crippen LogP contribution is -2.23. The molecule has 0 saturated heterocycles. The fraction of sp³-hybridized carbons (Fsp3) is 0.0952. The Bertz CT molecular complexity index is 1170. The third-order valence-corrected chi connectivity index (χ3v) is 4.55. The number of nitrogens with one attached hydrogen (secondary N) is 1. The maximum absolute atomic E-state index is 12.9. The molecule has 1 amide bonds. The van der Waals surface area contributed by atoms with Crippen molar-refractivity contribution in [2.24, 2.45) is 7.05 Å². The van der Waals surface area contributed by atoms with Gasteiger partial charge in [-0.3, -0.25) is 14.3 Å². The first kappa shape index (κ1) is 19.2. The molecule has 0 fully saturated rings. The molecule has 0 unspecified atom stereocenters. The minimum atomic E-state index is -0.659. The van der Waals surface area contributed by atoms with Crippen LogP contribution < -0.4 is 10.9 Å². The van der Waals surface area contributed by atoms with E-state index >= 15 is 0 Å². The molecule has 0 aliphatic carbocycles. The third kappa shape index (κ3) is 3.75. The van der Waals surface area contributed by atoms with Gasteiger partial charge in [-0.15, -0.1) is 0 Å². The van der Waals surface area contributed by atoms with Gasteiger partial charge in [0.25, 0.3) is 11.5 Å². The van der Waals surface area contributed by atoms with Crippen molar-refractivity contribution in [1.82, 2.24) is 9.36 Å². The average Bonchev–Trinajstić information content (AvgIpc) is 2.90. The number of para-hydroxylation sites is 1. The van der Waals surface area contributed by atoms with Crippen molar-refractivity contribution >= 4 is 29.3 Å². The van der Waals surface area contributed by atoms with E-state index in [1.807, 2.05) is 24.3 Å².